The minimum atomic E-state index is 0.557. The first-order valence-electron chi connectivity index (χ1n) is 5.21. The Labute approximate surface area is 117 Å². The fourth-order valence-electron chi connectivity index (χ4n) is 1.53. The fourth-order valence-corrected chi connectivity index (χ4v) is 2.75. The zero-order valence-electron chi connectivity index (χ0n) is 10.0. The highest BCUT2D eigenvalue weighted by molar-refractivity contribution is 9.10. The van der Waals surface area contributed by atoms with Crippen molar-refractivity contribution in [2.24, 2.45) is 5.84 Å². The van der Waals surface area contributed by atoms with E-state index in [2.05, 4.69) is 36.3 Å². The van der Waals surface area contributed by atoms with Gasteiger partial charge in [-0.2, -0.15) is 0 Å². The van der Waals surface area contributed by atoms with Crippen molar-refractivity contribution in [2.75, 3.05) is 17.4 Å². The number of aryl methyl sites for hydroxylation is 1. The second kappa shape index (κ2) is 5.59. The number of hydrogen-bond donors (Lipinski definition) is 2. The molecule has 0 fully saturated rings. The third-order valence-corrected chi connectivity index (χ3v) is 3.89. The predicted octanol–water partition coefficient (Wildman–Crippen LogP) is 1.93. The van der Waals surface area contributed by atoms with Crippen molar-refractivity contribution in [3.8, 4) is 0 Å². The molecule has 2 aromatic heterocycles. The van der Waals surface area contributed by atoms with E-state index in [0.29, 0.717) is 12.4 Å². The van der Waals surface area contributed by atoms with E-state index in [9.17, 15) is 0 Å². The van der Waals surface area contributed by atoms with E-state index in [1.807, 2.05) is 24.3 Å². The topological polar surface area (TPSA) is 80.0 Å². The maximum Gasteiger partial charge on any atom is 0.159 e. The first-order chi connectivity index (χ1) is 8.61. The molecule has 2 aromatic rings. The highest BCUT2D eigenvalue weighted by Gasteiger charge is 2.13. The van der Waals surface area contributed by atoms with Crippen molar-refractivity contribution in [1.29, 1.82) is 0 Å². The highest BCUT2D eigenvalue weighted by atomic mass is 79.9. The lowest BCUT2D eigenvalue weighted by atomic mass is 10.4. The zero-order chi connectivity index (χ0) is 13.1. The van der Waals surface area contributed by atoms with Crippen LogP contribution in [0.5, 0.6) is 0 Å². The average Bonchev–Trinajstić information content (AvgIpc) is 2.75. The van der Waals surface area contributed by atoms with Gasteiger partial charge in [0.1, 0.15) is 16.6 Å². The molecule has 0 radical (unpaired) electrons. The van der Waals surface area contributed by atoms with Crippen molar-refractivity contribution in [3.05, 3.63) is 26.9 Å². The lowest BCUT2D eigenvalue weighted by Crippen LogP contribution is -2.20. The summed E-state index contributed by atoms with van der Waals surface area (Å²) in [7, 11) is 1.95. The predicted molar refractivity (Wildman–Crippen MR) is 76.5 cm³/mol. The first-order valence-corrected chi connectivity index (χ1v) is 6.88. The zero-order valence-corrected chi connectivity index (χ0v) is 12.4. The molecule has 18 heavy (non-hydrogen) atoms. The van der Waals surface area contributed by atoms with Crippen LogP contribution < -0.4 is 16.2 Å². The molecule has 6 nitrogen and oxygen atoms in total. The first kappa shape index (κ1) is 13.2. The van der Waals surface area contributed by atoms with E-state index >= 15 is 0 Å². The number of hydrazine groups is 1. The number of nitrogens with two attached hydrogens (primary N) is 1. The molecule has 8 heteroatoms. The highest BCUT2D eigenvalue weighted by Crippen LogP contribution is 2.28. The van der Waals surface area contributed by atoms with E-state index in [-0.39, 0.29) is 0 Å². The molecular formula is C10H13BrN6S. The van der Waals surface area contributed by atoms with Crippen molar-refractivity contribution < 1.29 is 0 Å². The number of anilines is 2. The number of hydrogen-bond acceptors (Lipinski definition) is 7. The molecule has 96 valence electrons. The van der Waals surface area contributed by atoms with Crippen molar-refractivity contribution in [3.63, 3.8) is 0 Å². The minimum absolute atomic E-state index is 0.557. The van der Waals surface area contributed by atoms with Gasteiger partial charge in [-0.3, -0.25) is 0 Å². The Balaban J connectivity index is 2.21. The van der Waals surface area contributed by atoms with Gasteiger partial charge in [-0.05, 0) is 22.9 Å². The van der Waals surface area contributed by atoms with E-state index in [0.717, 1.165) is 21.0 Å². The van der Waals surface area contributed by atoms with Crippen LogP contribution in [0.1, 0.15) is 10.7 Å². The van der Waals surface area contributed by atoms with Gasteiger partial charge in [0.2, 0.25) is 0 Å². The Morgan fingerprint density at radius 3 is 2.89 bits per heavy atom. The summed E-state index contributed by atoms with van der Waals surface area (Å²) in [5.41, 5.74) is 3.54. The van der Waals surface area contributed by atoms with Crippen LogP contribution in [-0.2, 0) is 6.54 Å². The molecule has 0 saturated heterocycles. The number of aromatic nitrogens is 3. The quantitative estimate of drug-likeness (QED) is 0.659. The van der Waals surface area contributed by atoms with Gasteiger partial charge in [0.15, 0.2) is 5.82 Å². The number of rotatable bonds is 4. The van der Waals surface area contributed by atoms with Gasteiger partial charge < -0.3 is 10.3 Å². The molecule has 0 spiro atoms. The van der Waals surface area contributed by atoms with Gasteiger partial charge in [0, 0.05) is 12.4 Å². The third kappa shape index (κ3) is 2.77. The van der Waals surface area contributed by atoms with E-state index in [1.54, 1.807) is 11.3 Å². The van der Waals surface area contributed by atoms with Crippen LogP contribution in [0.3, 0.4) is 0 Å². The SMILES string of the molecule is Cc1nc(CN(C)c2ncnc(NN)c2Br)cs1. The summed E-state index contributed by atoms with van der Waals surface area (Å²) >= 11 is 5.07. The Kier molecular flexibility index (Phi) is 4.10. The van der Waals surface area contributed by atoms with Crippen LogP contribution in [0.2, 0.25) is 0 Å². The summed E-state index contributed by atoms with van der Waals surface area (Å²) in [5.74, 6) is 6.70. The lowest BCUT2D eigenvalue weighted by Gasteiger charge is -2.19. The molecule has 0 atom stereocenters. The third-order valence-electron chi connectivity index (χ3n) is 2.34. The van der Waals surface area contributed by atoms with Crippen molar-refractivity contribution in [2.45, 2.75) is 13.5 Å². The fraction of sp³-hybridized carbons (Fsp3) is 0.300. The van der Waals surface area contributed by atoms with Crippen LogP contribution in [-0.4, -0.2) is 22.0 Å². The molecule has 2 rings (SSSR count). The van der Waals surface area contributed by atoms with Gasteiger partial charge in [-0.15, -0.1) is 11.3 Å². The smallest absolute Gasteiger partial charge is 0.159 e. The summed E-state index contributed by atoms with van der Waals surface area (Å²) in [6, 6.07) is 0. The van der Waals surface area contributed by atoms with Gasteiger partial charge >= 0.3 is 0 Å². The normalized spacial score (nSPS) is 10.4. The van der Waals surface area contributed by atoms with Gasteiger partial charge in [-0.1, -0.05) is 0 Å². The number of nitrogens with one attached hydrogen (secondary N) is 1. The molecule has 0 aromatic carbocycles. The molecule has 0 unspecified atom stereocenters. The molecule has 0 aliphatic carbocycles. The Morgan fingerprint density at radius 2 is 2.28 bits per heavy atom. The maximum atomic E-state index is 5.38. The largest absolute Gasteiger partial charge is 0.353 e. The van der Waals surface area contributed by atoms with Crippen LogP contribution in [0.25, 0.3) is 0 Å². The van der Waals surface area contributed by atoms with Crippen LogP contribution in [0.4, 0.5) is 11.6 Å². The lowest BCUT2D eigenvalue weighted by molar-refractivity contribution is 0.861. The second-order valence-electron chi connectivity index (χ2n) is 3.72. The van der Waals surface area contributed by atoms with Gasteiger partial charge in [-0.25, -0.2) is 20.8 Å². The summed E-state index contributed by atoms with van der Waals surface area (Å²) in [6.07, 6.45) is 1.47. The molecule has 0 aliphatic heterocycles. The van der Waals surface area contributed by atoms with E-state index < -0.39 is 0 Å². The molecule has 2 heterocycles. The molecule has 3 N–H and O–H groups in total. The van der Waals surface area contributed by atoms with Crippen molar-refractivity contribution in [1.82, 2.24) is 15.0 Å². The molecule has 0 saturated carbocycles. The van der Waals surface area contributed by atoms with Gasteiger partial charge in [0.25, 0.3) is 0 Å². The van der Waals surface area contributed by atoms with Crippen molar-refractivity contribution >= 4 is 38.9 Å². The Morgan fingerprint density at radius 1 is 1.50 bits per heavy atom. The molecule has 0 aliphatic rings. The monoisotopic (exact) mass is 328 g/mol. The Bertz CT molecular complexity index is 543. The number of nitrogen functional groups attached to an aromatic ring is 1. The minimum Gasteiger partial charge on any atom is -0.353 e. The summed E-state index contributed by atoms with van der Waals surface area (Å²) in [6.45, 7) is 2.68. The van der Waals surface area contributed by atoms with Gasteiger partial charge in [0.05, 0.1) is 17.2 Å². The molecule has 0 bridgehead atoms. The standard InChI is InChI=1S/C10H13BrN6S/c1-6-15-7(4-18-6)3-17(2)10-8(11)9(16-12)13-5-14-10/h4-5H,3,12H2,1-2H3,(H,13,14,16). The number of thiazole rings is 1. The molecular weight excluding hydrogens is 316 g/mol. The number of nitrogens with zero attached hydrogens (tertiary/aromatic N) is 4. The summed E-state index contributed by atoms with van der Waals surface area (Å²) in [5, 5.41) is 3.10. The van der Waals surface area contributed by atoms with E-state index in [4.69, 9.17) is 5.84 Å². The average molecular weight is 329 g/mol. The van der Waals surface area contributed by atoms with E-state index in [1.165, 1.54) is 6.33 Å². The van der Waals surface area contributed by atoms with Crippen LogP contribution in [0.15, 0.2) is 16.2 Å². The van der Waals surface area contributed by atoms with Crippen LogP contribution >= 0.6 is 27.3 Å². The molecule has 0 amide bonds. The summed E-state index contributed by atoms with van der Waals surface area (Å²) < 4.78 is 0.738. The Hall–Kier alpha value is -1.25. The maximum absolute atomic E-state index is 5.38. The second-order valence-corrected chi connectivity index (χ2v) is 5.57. The summed E-state index contributed by atoms with van der Waals surface area (Å²) in [4.78, 5) is 14.7. The van der Waals surface area contributed by atoms with Crippen LogP contribution in [0, 0.1) is 6.92 Å². The number of halogens is 1.